The first kappa shape index (κ1) is 22.2. The molecule has 165 valence electrons. The zero-order valence-corrected chi connectivity index (χ0v) is 16.8. The number of nitrogens with zero attached hydrogens (tertiary/aromatic N) is 2. The van der Waals surface area contributed by atoms with Crippen LogP contribution in [0.5, 0.6) is 5.75 Å². The maximum Gasteiger partial charge on any atom is 0.416 e. The van der Waals surface area contributed by atoms with E-state index in [1.807, 2.05) is 19.0 Å². The van der Waals surface area contributed by atoms with Gasteiger partial charge in [-0.05, 0) is 38.4 Å². The highest BCUT2D eigenvalue weighted by Gasteiger charge is 2.31. The minimum absolute atomic E-state index is 0.0439. The first-order chi connectivity index (χ1) is 14.6. The molecular formula is C20H21F3N5O3. The van der Waals surface area contributed by atoms with Crippen molar-refractivity contribution in [2.45, 2.75) is 12.7 Å². The summed E-state index contributed by atoms with van der Waals surface area (Å²) in [4.78, 5) is 25.6. The minimum Gasteiger partial charge on any atom is -0.492 e. The van der Waals surface area contributed by atoms with Crippen LogP contribution < -0.4 is 26.0 Å². The number of benzene rings is 2. The fourth-order valence-corrected chi connectivity index (χ4v) is 2.80. The zero-order valence-electron chi connectivity index (χ0n) is 16.8. The number of anilines is 2. The van der Waals surface area contributed by atoms with E-state index in [9.17, 15) is 22.8 Å². The minimum atomic E-state index is -4.51. The molecule has 11 heteroatoms. The summed E-state index contributed by atoms with van der Waals surface area (Å²) >= 11 is 0. The van der Waals surface area contributed by atoms with Crippen molar-refractivity contribution < 1.29 is 27.5 Å². The van der Waals surface area contributed by atoms with Crippen molar-refractivity contribution in [3.63, 3.8) is 0 Å². The lowest BCUT2D eigenvalue weighted by molar-refractivity contribution is -0.137. The summed E-state index contributed by atoms with van der Waals surface area (Å²) in [5, 5.41) is 11.5. The molecule has 4 amide bonds. The molecule has 1 aliphatic heterocycles. The Kier molecular flexibility index (Phi) is 6.54. The normalized spacial score (nSPS) is 12.8. The van der Waals surface area contributed by atoms with Crippen LogP contribution in [-0.4, -0.2) is 44.2 Å². The number of likely N-dealkylation sites (N-methyl/N-ethyl adjacent to an activating group) is 1. The van der Waals surface area contributed by atoms with Crippen molar-refractivity contribution in [3.05, 3.63) is 47.5 Å². The fraction of sp³-hybridized carbons (Fsp3) is 0.300. The molecule has 0 bridgehead atoms. The largest absolute Gasteiger partial charge is 0.492 e. The standard InChI is InChI=1S/C20H21F3N5O3/c1-28(2)8-9-31-16-10-13(20(21,22)23)7-6-12(16)11-24-18(29)25-14-4-3-5-15-17(14)27-19(30)26-15/h3-7,10H,8-9,11H2,1-2H3,(H,26,30)(H2,24,25,29). The van der Waals surface area contributed by atoms with Crippen LogP contribution in [0.4, 0.5) is 39.8 Å². The van der Waals surface area contributed by atoms with E-state index in [-0.39, 0.29) is 18.9 Å². The van der Waals surface area contributed by atoms with Gasteiger partial charge >= 0.3 is 18.2 Å². The summed E-state index contributed by atoms with van der Waals surface area (Å²) in [6, 6.07) is 6.85. The number of carbonyl (C=O) groups is 2. The lowest BCUT2D eigenvalue weighted by Gasteiger charge is -2.17. The topological polar surface area (TPSA) is 96.8 Å². The van der Waals surface area contributed by atoms with Gasteiger partial charge in [0.25, 0.3) is 0 Å². The van der Waals surface area contributed by atoms with Crippen LogP contribution in [0.1, 0.15) is 11.1 Å². The van der Waals surface area contributed by atoms with Crippen molar-refractivity contribution in [1.82, 2.24) is 15.5 Å². The SMILES string of the molecule is CN(C)CCOc1cc(C(F)(F)F)ccc1CNC(=O)Nc1cccc2c1[N]C(=O)N2. The quantitative estimate of drug-likeness (QED) is 0.616. The third-order valence-corrected chi connectivity index (χ3v) is 4.37. The lowest BCUT2D eigenvalue weighted by atomic mass is 10.1. The number of hydrogen-bond donors (Lipinski definition) is 3. The molecule has 8 nitrogen and oxygen atoms in total. The average molecular weight is 436 g/mol. The summed E-state index contributed by atoms with van der Waals surface area (Å²) < 4.78 is 44.7. The molecule has 0 aliphatic carbocycles. The molecule has 1 heterocycles. The Morgan fingerprint density at radius 3 is 2.71 bits per heavy atom. The number of carbonyl (C=O) groups excluding carboxylic acids is 2. The second-order valence-electron chi connectivity index (χ2n) is 7.02. The molecule has 0 saturated heterocycles. The highest BCUT2D eigenvalue weighted by Crippen LogP contribution is 2.35. The molecule has 2 aromatic rings. The van der Waals surface area contributed by atoms with Crippen molar-refractivity contribution in [2.75, 3.05) is 37.9 Å². The first-order valence-electron chi connectivity index (χ1n) is 9.32. The number of amides is 4. The van der Waals surface area contributed by atoms with Gasteiger partial charge in [-0.25, -0.2) is 9.59 Å². The third kappa shape index (κ3) is 5.79. The Labute approximate surface area is 176 Å². The van der Waals surface area contributed by atoms with Gasteiger partial charge in [-0.15, -0.1) is 0 Å². The molecule has 2 aromatic carbocycles. The van der Waals surface area contributed by atoms with Gasteiger partial charge in [0.2, 0.25) is 0 Å². The van der Waals surface area contributed by atoms with Crippen LogP contribution in [0, 0.1) is 0 Å². The summed E-state index contributed by atoms with van der Waals surface area (Å²) in [7, 11) is 3.63. The third-order valence-electron chi connectivity index (χ3n) is 4.37. The van der Waals surface area contributed by atoms with E-state index in [4.69, 9.17) is 4.74 Å². The van der Waals surface area contributed by atoms with Crippen molar-refractivity contribution >= 4 is 29.1 Å². The molecule has 1 aliphatic rings. The van der Waals surface area contributed by atoms with Gasteiger partial charge in [-0.2, -0.15) is 18.5 Å². The van der Waals surface area contributed by atoms with E-state index in [2.05, 4.69) is 21.3 Å². The summed E-state index contributed by atoms with van der Waals surface area (Å²) in [6.07, 6.45) is -4.51. The summed E-state index contributed by atoms with van der Waals surface area (Å²) in [5.41, 5.74) is 0.663. The number of hydrogen-bond acceptors (Lipinski definition) is 4. The van der Waals surface area contributed by atoms with Crippen LogP contribution in [-0.2, 0) is 12.7 Å². The zero-order chi connectivity index (χ0) is 22.6. The van der Waals surface area contributed by atoms with Gasteiger partial charge in [0.1, 0.15) is 18.0 Å². The summed E-state index contributed by atoms with van der Waals surface area (Å²) in [5.74, 6) is 0.0439. The molecule has 3 N–H and O–H groups in total. The van der Waals surface area contributed by atoms with E-state index in [1.54, 1.807) is 18.2 Å². The molecule has 0 unspecified atom stereocenters. The van der Waals surface area contributed by atoms with E-state index in [0.717, 1.165) is 12.1 Å². The highest BCUT2D eigenvalue weighted by molar-refractivity contribution is 6.07. The number of para-hydroxylation sites is 1. The second kappa shape index (κ2) is 9.13. The van der Waals surface area contributed by atoms with Crippen molar-refractivity contribution in [2.24, 2.45) is 0 Å². The van der Waals surface area contributed by atoms with Crippen LogP contribution in [0.25, 0.3) is 0 Å². The monoisotopic (exact) mass is 436 g/mol. The maximum atomic E-state index is 13.1. The molecular weight excluding hydrogens is 415 g/mol. The number of rotatable bonds is 7. The predicted octanol–water partition coefficient (Wildman–Crippen LogP) is 3.75. The lowest BCUT2D eigenvalue weighted by Crippen LogP contribution is -2.29. The molecule has 0 fully saturated rings. The Hall–Kier alpha value is -3.47. The van der Waals surface area contributed by atoms with E-state index in [0.29, 0.717) is 29.2 Å². The van der Waals surface area contributed by atoms with Crippen LogP contribution in [0.3, 0.4) is 0 Å². The van der Waals surface area contributed by atoms with Gasteiger partial charge < -0.3 is 25.6 Å². The Morgan fingerprint density at radius 2 is 2.00 bits per heavy atom. The Balaban J connectivity index is 1.68. The van der Waals surface area contributed by atoms with E-state index < -0.39 is 23.8 Å². The molecule has 0 aromatic heterocycles. The van der Waals surface area contributed by atoms with Gasteiger partial charge in [-0.3, -0.25) is 0 Å². The van der Waals surface area contributed by atoms with Gasteiger partial charge in [0, 0.05) is 18.7 Å². The predicted molar refractivity (Wildman–Crippen MR) is 109 cm³/mol. The van der Waals surface area contributed by atoms with Crippen LogP contribution >= 0.6 is 0 Å². The smallest absolute Gasteiger partial charge is 0.416 e. The maximum absolute atomic E-state index is 13.1. The number of halogens is 3. The molecule has 3 rings (SSSR count). The van der Waals surface area contributed by atoms with Crippen molar-refractivity contribution in [3.8, 4) is 5.75 Å². The van der Waals surface area contributed by atoms with E-state index in [1.165, 1.54) is 6.07 Å². The molecule has 1 radical (unpaired) electrons. The average Bonchev–Trinajstić information content (AvgIpc) is 3.07. The first-order valence-corrected chi connectivity index (χ1v) is 9.32. The fourth-order valence-electron chi connectivity index (χ4n) is 2.80. The number of urea groups is 2. The molecule has 31 heavy (non-hydrogen) atoms. The Morgan fingerprint density at radius 1 is 1.23 bits per heavy atom. The number of nitrogens with one attached hydrogen (secondary N) is 3. The number of alkyl halides is 3. The summed E-state index contributed by atoms with van der Waals surface area (Å²) in [6.45, 7) is 0.635. The second-order valence-corrected chi connectivity index (χ2v) is 7.02. The Bertz CT molecular complexity index is 979. The van der Waals surface area contributed by atoms with Gasteiger partial charge in [-0.1, -0.05) is 12.1 Å². The van der Waals surface area contributed by atoms with Crippen LogP contribution in [0.15, 0.2) is 36.4 Å². The van der Waals surface area contributed by atoms with Gasteiger partial charge in [0.15, 0.2) is 0 Å². The van der Waals surface area contributed by atoms with Gasteiger partial charge in [0.05, 0.1) is 16.9 Å². The highest BCUT2D eigenvalue weighted by atomic mass is 19.4. The molecule has 0 saturated carbocycles. The van der Waals surface area contributed by atoms with Crippen LogP contribution in [0.2, 0.25) is 0 Å². The molecule has 0 atom stereocenters. The number of fused-ring (bicyclic) bond motifs is 1. The number of ether oxygens (including phenoxy) is 1. The molecule has 0 spiro atoms. The van der Waals surface area contributed by atoms with E-state index >= 15 is 0 Å². The van der Waals surface area contributed by atoms with Crippen molar-refractivity contribution in [1.29, 1.82) is 0 Å².